The second kappa shape index (κ2) is 6.20. The molecule has 1 atom stereocenters. The molecule has 0 rings (SSSR count). The van der Waals surface area contributed by atoms with E-state index in [-0.39, 0.29) is 12.1 Å². The number of aliphatic hydroxyl groups excluding tert-OH is 1. The van der Waals surface area contributed by atoms with Crippen LogP contribution in [0.25, 0.3) is 0 Å². The van der Waals surface area contributed by atoms with Crippen LogP contribution < -0.4 is 10.6 Å². The van der Waals surface area contributed by atoms with E-state index < -0.39 is 24.7 Å². The Labute approximate surface area is 98.6 Å². The van der Waals surface area contributed by atoms with Gasteiger partial charge in [0.1, 0.15) is 0 Å². The molecule has 7 heteroatoms. The van der Waals surface area contributed by atoms with Crippen LogP contribution in [-0.2, 0) is 4.79 Å². The van der Waals surface area contributed by atoms with Crippen LogP contribution in [0.1, 0.15) is 27.2 Å². The number of nitrogens with one attached hydrogen (secondary N) is 2. The third kappa shape index (κ3) is 7.17. The summed E-state index contributed by atoms with van der Waals surface area (Å²) >= 11 is 0. The highest BCUT2D eigenvalue weighted by atomic mass is 19.4. The van der Waals surface area contributed by atoms with Crippen molar-refractivity contribution in [3.05, 3.63) is 0 Å². The Kier molecular flexibility index (Phi) is 5.91. The molecule has 17 heavy (non-hydrogen) atoms. The van der Waals surface area contributed by atoms with Gasteiger partial charge in [-0.3, -0.25) is 4.79 Å². The summed E-state index contributed by atoms with van der Waals surface area (Å²) in [4.78, 5) is 11.3. The van der Waals surface area contributed by atoms with Gasteiger partial charge in [0.2, 0.25) is 5.91 Å². The highest BCUT2D eigenvalue weighted by molar-refractivity contribution is 5.78. The normalized spacial score (nSPS) is 14.5. The number of carbonyl (C=O) groups is 1. The number of hydrogen-bond donors (Lipinski definition) is 3. The Morgan fingerprint density at radius 1 is 1.35 bits per heavy atom. The topological polar surface area (TPSA) is 61.4 Å². The zero-order valence-electron chi connectivity index (χ0n) is 10.2. The molecule has 0 aliphatic carbocycles. The molecule has 0 heterocycles. The van der Waals surface area contributed by atoms with Gasteiger partial charge in [-0.05, 0) is 20.3 Å². The van der Waals surface area contributed by atoms with E-state index in [0.717, 1.165) is 0 Å². The number of amides is 1. The van der Waals surface area contributed by atoms with Gasteiger partial charge in [-0.1, -0.05) is 6.92 Å². The van der Waals surface area contributed by atoms with E-state index in [0.29, 0.717) is 6.42 Å². The number of hydrogen-bond acceptors (Lipinski definition) is 3. The zero-order chi connectivity index (χ0) is 13.7. The fourth-order valence-electron chi connectivity index (χ4n) is 0.948. The van der Waals surface area contributed by atoms with E-state index in [1.165, 1.54) is 0 Å². The summed E-state index contributed by atoms with van der Waals surface area (Å²) in [6.07, 6.45) is -6.40. The van der Waals surface area contributed by atoms with Gasteiger partial charge in [-0.15, -0.1) is 0 Å². The molecule has 3 N–H and O–H groups in total. The summed E-state index contributed by atoms with van der Waals surface area (Å²) in [5.41, 5.74) is -0.387. The Morgan fingerprint density at radius 2 is 1.88 bits per heavy atom. The maximum absolute atomic E-state index is 11.9. The largest absolute Gasteiger partial charge is 0.415 e. The standard InChI is InChI=1S/C10H19F3N2O2/c1-4-9(2,3)15-8(17)6-14-5-7(16)10(11,12)13/h7,14,16H,4-6H2,1-3H3,(H,15,17). The summed E-state index contributed by atoms with van der Waals surface area (Å²) < 4.78 is 35.7. The first kappa shape index (κ1) is 16.2. The molecule has 1 amide bonds. The molecule has 0 fully saturated rings. The lowest BCUT2D eigenvalue weighted by Gasteiger charge is -2.24. The van der Waals surface area contributed by atoms with Gasteiger partial charge in [-0.25, -0.2) is 0 Å². The molecular formula is C10H19F3N2O2. The summed E-state index contributed by atoms with van der Waals surface area (Å²) in [7, 11) is 0. The summed E-state index contributed by atoms with van der Waals surface area (Å²) in [5.74, 6) is -0.397. The van der Waals surface area contributed by atoms with Crippen molar-refractivity contribution in [2.24, 2.45) is 0 Å². The first-order valence-electron chi connectivity index (χ1n) is 5.35. The molecule has 0 aliphatic heterocycles. The molecule has 1 unspecified atom stereocenters. The van der Waals surface area contributed by atoms with E-state index in [9.17, 15) is 18.0 Å². The van der Waals surface area contributed by atoms with E-state index >= 15 is 0 Å². The van der Waals surface area contributed by atoms with Crippen LogP contribution in [0.3, 0.4) is 0 Å². The Balaban J connectivity index is 3.87. The quantitative estimate of drug-likeness (QED) is 0.659. The molecule has 0 radical (unpaired) electrons. The van der Waals surface area contributed by atoms with Crippen molar-refractivity contribution < 1.29 is 23.1 Å². The van der Waals surface area contributed by atoms with E-state index in [2.05, 4.69) is 10.6 Å². The molecule has 0 bridgehead atoms. The number of alkyl halides is 3. The fraction of sp³-hybridized carbons (Fsp3) is 0.900. The number of rotatable bonds is 6. The average Bonchev–Trinajstić information content (AvgIpc) is 2.15. The zero-order valence-corrected chi connectivity index (χ0v) is 10.2. The highest BCUT2D eigenvalue weighted by Crippen LogP contribution is 2.19. The summed E-state index contributed by atoms with van der Waals surface area (Å²) in [6, 6.07) is 0. The minimum absolute atomic E-state index is 0.253. The van der Waals surface area contributed by atoms with Gasteiger partial charge < -0.3 is 15.7 Å². The molecule has 0 aromatic heterocycles. The van der Waals surface area contributed by atoms with Gasteiger partial charge >= 0.3 is 6.18 Å². The van der Waals surface area contributed by atoms with Gasteiger partial charge in [0.15, 0.2) is 6.10 Å². The van der Waals surface area contributed by atoms with Crippen LogP contribution in [0.15, 0.2) is 0 Å². The lowest BCUT2D eigenvalue weighted by atomic mass is 10.0. The average molecular weight is 256 g/mol. The molecular weight excluding hydrogens is 237 g/mol. The first-order chi connectivity index (χ1) is 7.58. The summed E-state index contributed by atoms with van der Waals surface area (Å²) in [6.45, 7) is 4.58. The number of halogens is 3. The smallest absolute Gasteiger partial charge is 0.382 e. The van der Waals surface area contributed by atoms with Crippen LogP contribution >= 0.6 is 0 Å². The number of aliphatic hydroxyl groups is 1. The van der Waals surface area contributed by atoms with Crippen molar-refractivity contribution in [3.63, 3.8) is 0 Å². The minimum atomic E-state index is -4.66. The summed E-state index contributed by atoms with van der Waals surface area (Å²) in [5, 5.41) is 13.6. The molecule has 0 spiro atoms. The molecule has 0 aliphatic rings. The second-order valence-corrected chi connectivity index (χ2v) is 4.47. The van der Waals surface area contributed by atoms with Gasteiger partial charge in [-0.2, -0.15) is 13.2 Å². The van der Waals surface area contributed by atoms with Crippen molar-refractivity contribution in [2.45, 2.75) is 45.0 Å². The van der Waals surface area contributed by atoms with E-state index in [4.69, 9.17) is 5.11 Å². The highest BCUT2D eigenvalue weighted by Gasteiger charge is 2.37. The van der Waals surface area contributed by atoms with Gasteiger partial charge in [0.25, 0.3) is 0 Å². The monoisotopic (exact) mass is 256 g/mol. The molecule has 0 aromatic rings. The predicted octanol–water partition coefficient (Wildman–Crippen LogP) is 0.804. The fourth-order valence-corrected chi connectivity index (χ4v) is 0.948. The lowest BCUT2D eigenvalue weighted by molar-refractivity contribution is -0.201. The van der Waals surface area contributed by atoms with Crippen LogP contribution in [0.2, 0.25) is 0 Å². The maximum Gasteiger partial charge on any atom is 0.415 e. The van der Waals surface area contributed by atoms with Crippen molar-refractivity contribution in [2.75, 3.05) is 13.1 Å². The Bertz CT molecular complexity index is 254. The third-order valence-electron chi connectivity index (χ3n) is 2.36. The van der Waals surface area contributed by atoms with Crippen molar-refractivity contribution in [1.82, 2.24) is 10.6 Å². The molecule has 102 valence electrons. The van der Waals surface area contributed by atoms with Crippen LogP contribution in [0.5, 0.6) is 0 Å². The molecule has 0 saturated heterocycles. The Hall–Kier alpha value is -0.820. The second-order valence-electron chi connectivity index (χ2n) is 4.47. The van der Waals surface area contributed by atoms with Crippen molar-refractivity contribution >= 4 is 5.91 Å². The SMILES string of the molecule is CCC(C)(C)NC(=O)CNCC(O)C(F)(F)F. The molecule has 0 saturated carbocycles. The first-order valence-corrected chi connectivity index (χ1v) is 5.35. The van der Waals surface area contributed by atoms with E-state index in [1.54, 1.807) is 0 Å². The van der Waals surface area contributed by atoms with Gasteiger partial charge in [0, 0.05) is 12.1 Å². The van der Waals surface area contributed by atoms with Gasteiger partial charge in [0.05, 0.1) is 6.54 Å². The third-order valence-corrected chi connectivity index (χ3v) is 2.36. The predicted molar refractivity (Wildman–Crippen MR) is 57.4 cm³/mol. The van der Waals surface area contributed by atoms with Crippen LogP contribution in [-0.4, -0.2) is 41.9 Å². The Morgan fingerprint density at radius 3 is 2.29 bits per heavy atom. The van der Waals surface area contributed by atoms with Crippen LogP contribution in [0.4, 0.5) is 13.2 Å². The van der Waals surface area contributed by atoms with Crippen molar-refractivity contribution in [1.29, 1.82) is 0 Å². The van der Waals surface area contributed by atoms with E-state index in [1.807, 2.05) is 20.8 Å². The maximum atomic E-state index is 11.9. The minimum Gasteiger partial charge on any atom is -0.382 e. The van der Waals surface area contributed by atoms with Crippen molar-refractivity contribution in [3.8, 4) is 0 Å². The number of carbonyl (C=O) groups excluding carboxylic acids is 1. The van der Waals surface area contributed by atoms with Crippen LogP contribution in [0, 0.1) is 0 Å². The molecule has 4 nitrogen and oxygen atoms in total. The molecule has 0 aromatic carbocycles. The lowest BCUT2D eigenvalue weighted by Crippen LogP contribution is -2.48.